The first kappa shape index (κ1) is 10.7. The largest absolute Gasteiger partial charge is 0.299 e. The normalized spacial score (nSPS) is 20.9. The molecule has 1 saturated carbocycles. The lowest BCUT2D eigenvalue weighted by atomic mass is 9.60. The second kappa shape index (κ2) is 3.81. The summed E-state index contributed by atoms with van der Waals surface area (Å²) < 4.78 is 0. The van der Waals surface area contributed by atoms with Crippen LogP contribution in [0.15, 0.2) is 0 Å². The standard InChI is InChI=1S/C12H22O/c1-9(2)7-12(8-10(3)4)6-5-11(12)13/h9-10H,5-8H2,1-4H3. The quantitative estimate of drug-likeness (QED) is 0.651. The molecular weight excluding hydrogens is 160 g/mol. The summed E-state index contributed by atoms with van der Waals surface area (Å²) in [5.74, 6) is 1.83. The first-order valence-corrected chi connectivity index (χ1v) is 5.49. The van der Waals surface area contributed by atoms with Gasteiger partial charge in [0.25, 0.3) is 0 Å². The lowest BCUT2D eigenvalue weighted by Gasteiger charge is -2.42. The summed E-state index contributed by atoms with van der Waals surface area (Å²) in [5.41, 5.74) is 0.0856. The van der Waals surface area contributed by atoms with Gasteiger partial charge in [0.15, 0.2) is 0 Å². The summed E-state index contributed by atoms with van der Waals surface area (Å²) in [5, 5.41) is 0. The van der Waals surface area contributed by atoms with Crippen LogP contribution in [0.4, 0.5) is 0 Å². The molecule has 0 unspecified atom stereocenters. The Labute approximate surface area is 81.9 Å². The summed E-state index contributed by atoms with van der Waals surface area (Å²) in [6, 6.07) is 0. The number of rotatable bonds is 4. The van der Waals surface area contributed by atoms with Crippen LogP contribution in [0.25, 0.3) is 0 Å². The fourth-order valence-electron chi connectivity index (χ4n) is 2.66. The lowest BCUT2D eigenvalue weighted by Crippen LogP contribution is -2.42. The van der Waals surface area contributed by atoms with Crippen molar-refractivity contribution in [3.63, 3.8) is 0 Å². The molecule has 1 fully saturated rings. The van der Waals surface area contributed by atoms with E-state index in [0.29, 0.717) is 17.6 Å². The average Bonchev–Trinajstić information content (AvgIpc) is 1.99. The minimum atomic E-state index is 0.0856. The highest BCUT2D eigenvalue weighted by Gasteiger charge is 2.45. The summed E-state index contributed by atoms with van der Waals surface area (Å²) in [6.45, 7) is 8.86. The van der Waals surface area contributed by atoms with E-state index in [-0.39, 0.29) is 5.41 Å². The van der Waals surface area contributed by atoms with Crippen LogP contribution in [0, 0.1) is 17.3 Å². The van der Waals surface area contributed by atoms with Crippen molar-refractivity contribution in [3.05, 3.63) is 0 Å². The molecule has 0 aliphatic heterocycles. The number of ketones is 1. The van der Waals surface area contributed by atoms with Crippen LogP contribution in [-0.2, 0) is 4.79 Å². The van der Waals surface area contributed by atoms with Gasteiger partial charge in [0.05, 0.1) is 0 Å². The molecule has 1 heteroatoms. The van der Waals surface area contributed by atoms with Crippen molar-refractivity contribution in [2.75, 3.05) is 0 Å². The molecule has 0 aromatic heterocycles. The van der Waals surface area contributed by atoms with Gasteiger partial charge in [-0.2, -0.15) is 0 Å². The third-order valence-corrected chi connectivity index (χ3v) is 3.02. The molecule has 13 heavy (non-hydrogen) atoms. The Balaban J connectivity index is 2.59. The number of Topliss-reactive ketones (excluding diaryl/α,β-unsaturated/α-hetero) is 1. The average molecular weight is 182 g/mol. The van der Waals surface area contributed by atoms with Crippen molar-refractivity contribution in [2.24, 2.45) is 17.3 Å². The molecule has 0 spiro atoms. The Morgan fingerprint density at radius 1 is 1.15 bits per heavy atom. The minimum Gasteiger partial charge on any atom is -0.299 e. The van der Waals surface area contributed by atoms with Crippen molar-refractivity contribution >= 4 is 5.78 Å². The van der Waals surface area contributed by atoms with Gasteiger partial charge in [-0.25, -0.2) is 0 Å². The van der Waals surface area contributed by atoms with Crippen molar-refractivity contribution in [1.29, 1.82) is 0 Å². The zero-order chi connectivity index (χ0) is 10.1. The van der Waals surface area contributed by atoms with Crippen LogP contribution < -0.4 is 0 Å². The molecule has 76 valence electrons. The van der Waals surface area contributed by atoms with Gasteiger partial charge in [-0.05, 0) is 31.1 Å². The zero-order valence-corrected chi connectivity index (χ0v) is 9.39. The fraction of sp³-hybridized carbons (Fsp3) is 0.917. The van der Waals surface area contributed by atoms with Gasteiger partial charge in [-0.1, -0.05) is 27.7 Å². The topological polar surface area (TPSA) is 17.1 Å². The molecule has 1 nitrogen and oxygen atoms in total. The van der Waals surface area contributed by atoms with Crippen LogP contribution in [0.2, 0.25) is 0 Å². The Bertz CT molecular complexity index is 181. The molecule has 0 aromatic rings. The van der Waals surface area contributed by atoms with Crippen LogP contribution in [0.1, 0.15) is 53.4 Å². The maximum absolute atomic E-state index is 11.6. The van der Waals surface area contributed by atoms with Gasteiger partial charge in [0.2, 0.25) is 0 Å². The van der Waals surface area contributed by atoms with Gasteiger partial charge in [-0.15, -0.1) is 0 Å². The van der Waals surface area contributed by atoms with Crippen LogP contribution in [0.3, 0.4) is 0 Å². The van der Waals surface area contributed by atoms with E-state index in [2.05, 4.69) is 27.7 Å². The highest BCUT2D eigenvalue weighted by atomic mass is 16.1. The van der Waals surface area contributed by atoms with Gasteiger partial charge in [-0.3, -0.25) is 4.79 Å². The van der Waals surface area contributed by atoms with Crippen molar-refractivity contribution < 1.29 is 4.79 Å². The Morgan fingerprint density at radius 2 is 1.62 bits per heavy atom. The van der Waals surface area contributed by atoms with Crippen LogP contribution in [-0.4, -0.2) is 5.78 Å². The highest BCUT2D eigenvalue weighted by molar-refractivity contribution is 5.90. The fourth-order valence-corrected chi connectivity index (χ4v) is 2.66. The maximum Gasteiger partial charge on any atom is 0.139 e. The third kappa shape index (κ3) is 2.32. The van der Waals surface area contributed by atoms with Gasteiger partial charge in [0.1, 0.15) is 5.78 Å². The molecule has 0 atom stereocenters. The minimum absolute atomic E-state index is 0.0856. The molecule has 0 N–H and O–H groups in total. The molecule has 0 radical (unpaired) electrons. The van der Waals surface area contributed by atoms with E-state index in [4.69, 9.17) is 0 Å². The van der Waals surface area contributed by atoms with E-state index < -0.39 is 0 Å². The number of hydrogen-bond donors (Lipinski definition) is 0. The smallest absolute Gasteiger partial charge is 0.139 e. The molecule has 0 saturated heterocycles. The lowest BCUT2D eigenvalue weighted by molar-refractivity contribution is -0.141. The summed E-state index contributed by atoms with van der Waals surface area (Å²) in [4.78, 5) is 11.6. The SMILES string of the molecule is CC(C)CC1(CC(C)C)CCC1=O. The molecule has 0 bridgehead atoms. The summed E-state index contributed by atoms with van der Waals surface area (Å²) >= 11 is 0. The Morgan fingerprint density at radius 3 is 1.77 bits per heavy atom. The van der Waals surface area contributed by atoms with E-state index in [1.165, 1.54) is 0 Å². The highest BCUT2D eigenvalue weighted by Crippen LogP contribution is 2.47. The molecule has 1 rings (SSSR count). The Kier molecular flexibility index (Phi) is 3.15. The predicted molar refractivity (Wildman–Crippen MR) is 55.6 cm³/mol. The van der Waals surface area contributed by atoms with E-state index in [1.54, 1.807) is 0 Å². The van der Waals surface area contributed by atoms with Gasteiger partial charge in [0, 0.05) is 11.8 Å². The molecule has 0 aromatic carbocycles. The predicted octanol–water partition coefficient (Wildman–Crippen LogP) is 3.43. The van der Waals surface area contributed by atoms with E-state index in [9.17, 15) is 4.79 Å². The van der Waals surface area contributed by atoms with Crippen molar-refractivity contribution in [2.45, 2.75) is 53.4 Å². The number of hydrogen-bond acceptors (Lipinski definition) is 1. The molecule has 1 aliphatic rings. The van der Waals surface area contributed by atoms with E-state index in [0.717, 1.165) is 25.7 Å². The van der Waals surface area contributed by atoms with Crippen LogP contribution >= 0.6 is 0 Å². The van der Waals surface area contributed by atoms with E-state index >= 15 is 0 Å². The third-order valence-electron chi connectivity index (χ3n) is 3.02. The first-order valence-electron chi connectivity index (χ1n) is 5.49. The molecule has 0 amide bonds. The number of carbonyl (C=O) groups is 1. The zero-order valence-electron chi connectivity index (χ0n) is 9.39. The number of carbonyl (C=O) groups excluding carboxylic acids is 1. The monoisotopic (exact) mass is 182 g/mol. The van der Waals surface area contributed by atoms with Gasteiger partial charge >= 0.3 is 0 Å². The van der Waals surface area contributed by atoms with Crippen LogP contribution in [0.5, 0.6) is 0 Å². The first-order chi connectivity index (χ1) is 5.96. The molecule has 0 heterocycles. The molecular formula is C12H22O. The van der Waals surface area contributed by atoms with Gasteiger partial charge < -0.3 is 0 Å². The van der Waals surface area contributed by atoms with Crippen molar-refractivity contribution in [1.82, 2.24) is 0 Å². The second-order valence-electron chi connectivity index (χ2n) is 5.40. The van der Waals surface area contributed by atoms with Crippen molar-refractivity contribution in [3.8, 4) is 0 Å². The second-order valence-corrected chi connectivity index (χ2v) is 5.40. The summed E-state index contributed by atoms with van der Waals surface area (Å²) in [6.07, 6.45) is 4.18. The molecule has 1 aliphatic carbocycles. The maximum atomic E-state index is 11.6. The van der Waals surface area contributed by atoms with E-state index in [1.807, 2.05) is 0 Å². The Hall–Kier alpha value is -0.330. The summed E-state index contributed by atoms with van der Waals surface area (Å²) in [7, 11) is 0.